The number of rotatable bonds is 6. The summed E-state index contributed by atoms with van der Waals surface area (Å²) in [5.74, 6) is 0. The summed E-state index contributed by atoms with van der Waals surface area (Å²) >= 11 is 1.85. The number of nitrogens with two attached hydrogens (primary N) is 1. The van der Waals surface area contributed by atoms with Crippen LogP contribution in [0.15, 0.2) is 17.5 Å². The van der Waals surface area contributed by atoms with Crippen molar-refractivity contribution in [3.63, 3.8) is 0 Å². The second-order valence-electron chi connectivity index (χ2n) is 4.34. The van der Waals surface area contributed by atoms with E-state index in [-0.39, 0.29) is 0 Å². The lowest BCUT2D eigenvalue weighted by atomic mass is 9.81. The van der Waals surface area contributed by atoms with Gasteiger partial charge in [-0.05, 0) is 42.7 Å². The normalized spacial score (nSPS) is 15.4. The van der Waals surface area contributed by atoms with Gasteiger partial charge in [0.15, 0.2) is 0 Å². The summed E-state index contributed by atoms with van der Waals surface area (Å²) in [6.45, 7) is 5.36. The van der Waals surface area contributed by atoms with Crippen molar-refractivity contribution >= 4 is 11.3 Å². The molecular formula is C12H21NS. The number of thiophene rings is 1. The van der Waals surface area contributed by atoms with Gasteiger partial charge in [-0.1, -0.05) is 26.3 Å². The van der Waals surface area contributed by atoms with Crippen LogP contribution < -0.4 is 5.73 Å². The van der Waals surface area contributed by atoms with Gasteiger partial charge in [0.1, 0.15) is 0 Å². The van der Waals surface area contributed by atoms with Gasteiger partial charge in [-0.25, -0.2) is 0 Å². The van der Waals surface area contributed by atoms with Crippen molar-refractivity contribution in [1.82, 2.24) is 0 Å². The number of hydrogen-bond donors (Lipinski definition) is 1. The Balaban J connectivity index is 2.41. The maximum atomic E-state index is 5.84. The second kappa shape index (κ2) is 5.52. The SMILES string of the molecule is CCCC(C)(CN)CCc1cccs1. The van der Waals surface area contributed by atoms with Gasteiger partial charge in [0, 0.05) is 4.88 Å². The Morgan fingerprint density at radius 1 is 1.43 bits per heavy atom. The molecule has 0 aromatic carbocycles. The van der Waals surface area contributed by atoms with Crippen LogP contribution in [0.25, 0.3) is 0 Å². The summed E-state index contributed by atoms with van der Waals surface area (Å²) in [5, 5.41) is 2.15. The Morgan fingerprint density at radius 2 is 2.21 bits per heavy atom. The molecule has 0 aliphatic rings. The van der Waals surface area contributed by atoms with Crippen LogP contribution in [0, 0.1) is 5.41 Å². The zero-order valence-electron chi connectivity index (χ0n) is 9.25. The molecule has 2 N–H and O–H groups in total. The first kappa shape index (κ1) is 11.7. The average Bonchev–Trinajstić information content (AvgIpc) is 2.68. The largest absolute Gasteiger partial charge is 0.330 e. The second-order valence-corrected chi connectivity index (χ2v) is 5.38. The van der Waals surface area contributed by atoms with E-state index in [9.17, 15) is 0 Å². The van der Waals surface area contributed by atoms with Gasteiger partial charge in [-0.15, -0.1) is 11.3 Å². The fourth-order valence-corrected chi connectivity index (χ4v) is 2.52. The zero-order chi connectivity index (χ0) is 10.4. The highest BCUT2D eigenvalue weighted by molar-refractivity contribution is 7.09. The van der Waals surface area contributed by atoms with E-state index in [0.29, 0.717) is 5.41 Å². The van der Waals surface area contributed by atoms with Crippen LogP contribution in [0.2, 0.25) is 0 Å². The van der Waals surface area contributed by atoms with Crippen molar-refractivity contribution in [1.29, 1.82) is 0 Å². The fourth-order valence-electron chi connectivity index (χ4n) is 1.81. The summed E-state index contributed by atoms with van der Waals surface area (Å²) < 4.78 is 0. The van der Waals surface area contributed by atoms with E-state index in [1.54, 1.807) is 0 Å². The van der Waals surface area contributed by atoms with Gasteiger partial charge in [0.2, 0.25) is 0 Å². The van der Waals surface area contributed by atoms with Crippen LogP contribution in [-0.2, 0) is 6.42 Å². The summed E-state index contributed by atoms with van der Waals surface area (Å²) in [5.41, 5.74) is 6.18. The molecule has 1 nitrogen and oxygen atoms in total. The van der Waals surface area contributed by atoms with Crippen molar-refractivity contribution < 1.29 is 0 Å². The first-order valence-corrected chi connectivity index (χ1v) is 6.30. The lowest BCUT2D eigenvalue weighted by Crippen LogP contribution is -2.27. The van der Waals surface area contributed by atoms with E-state index < -0.39 is 0 Å². The lowest BCUT2D eigenvalue weighted by Gasteiger charge is -2.27. The molecule has 80 valence electrons. The zero-order valence-corrected chi connectivity index (χ0v) is 10.1. The molecule has 0 radical (unpaired) electrons. The highest BCUT2D eigenvalue weighted by Gasteiger charge is 2.20. The summed E-state index contributed by atoms with van der Waals surface area (Å²) in [6.07, 6.45) is 4.89. The molecule has 1 atom stereocenters. The van der Waals surface area contributed by atoms with Crippen LogP contribution in [0.4, 0.5) is 0 Å². The topological polar surface area (TPSA) is 26.0 Å². The molecule has 2 heteroatoms. The molecule has 1 rings (SSSR count). The van der Waals surface area contributed by atoms with E-state index in [1.165, 1.54) is 30.6 Å². The minimum atomic E-state index is 0.346. The minimum absolute atomic E-state index is 0.346. The Labute approximate surface area is 91.3 Å². The Hall–Kier alpha value is -0.340. The molecule has 0 spiro atoms. The summed E-state index contributed by atoms with van der Waals surface area (Å²) in [7, 11) is 0. The molecule has 1 aromatic rings. The monoisotopic (exact) mass is 211 g/mol. The maximum absolute atomic E-state index is 5.84. The average molecular weight is 211 g/mol. The van der Waals surface area contributed by atoms with Gasteiger partial charge in [-0.2, -0.15) is 0 Å². The van der Waals surface area contributed by atoms with Gasteiger partial charge in [-0.3, -0.25) is 0 Å². The van der Waals surface area contributed by atoms with E-state index in [4.69, 9.17) is 5.73 Å². The van der Waals surface area contributed by atoms with E-state index in [0.717, 1.165) is 6.54 Å². The van der Waals surface area contributed by atoms with Crippen molar-refractivity contribution in [3.8, 4) is 0 Å². The third-order valence-electron chi connectivity index (χ3n) is 2.90. The first-order chi connectivity index (χ1) is 6.70. The van der Waals surface area contributed by atoms with E-state index in [2.05, 4.69) is 31.4 Å². The Bertz CT molecular complexity index is 243. The highest BCUT2D eigenvalue weighted by Crippen LogP contribution is 2.28. The third-order valence-corrected chi connectivity index (χ3v) is 3.84. The third kappa shape index (κ3) is 3.43. The molecule has 1 heterocycles. The van der Waals surface area contributed by atoms with Crippen LogP contribution in [-0.4, -0.2) is 6.54 Å². The van der Waals surface area contributed by atoms with Gasteiger partial charge in [0.25, 0.3) is 0 Å². The Kier molecular flexibility index (Phi) is 4.63. The standard InChI is InChI=1S/C12H21NS/c1-3-7-12(2,10-13)8-6-11-5-4-9-14-11/h4-5,9H,3,6-8,10,13H2,1-2H3. The Morgan fingerprint density at radius 3 is 2.71 bits per heavy atom. The fraction of sp³-hybridized carbons (Fsp3) is 0.667. The molecule has 0 bridgehead atoms. The molecule has 0 saturated heterocycles. The predicted molar refractivity (Wildman–Crippen MR) is 64.7 cm³/mol. The smallest absolute Gasteiger partial charge is 0.00454 e. The first-order valence-electron chi connectivity index (χ1n) is 5.42. The van der Waals surface area contributed by atoms with Crippen LogP contribution >= 0.6 is 11.3 Å². The van der Waals surface area contributed by atoms with Crippen molar-refractivity contribution in [2.45, 2.75) is 39.5 Å². The lowest BCUT2D eigenvalue weighted by molar-refractivity contribution is 0.281. The highest BCUT2D eigenvalue weighted by atomic mass is 32.1. The molecule has 0 aliphatic carbocycles. The molecule has 1 aromatic heterocycles. The van der Waals surface area contributed by atoms with E-state index in [1.807, 2.05) is 11.3 Å². The molecule has 1 unspecified atom stereocenters. The van der Waals surface area contributed by atoms with Gasteiger partial charge in [0.05, 0.1) is 0 Å². The molecule has 0 aliphatic heterocycles. The minimum Gasteiger partial charge on any atom is -0.330 e. The number of hydrogen-bond acceptors (Lipinski definition) is 2. The quantitative estimate of drug-likeness (QED) is 0.766. The summed E-state index contributed by atoms with van der Waals surface area (Å²) in [6, 6.07) is 4.34. The maximum Gasteiger partial charge on any atom is 0.00454 e. The predicted octanol–water partition coefficient (Wildman–Crippen LogP) is 3.45. The molecule has 0 amide bonds. The van der Waals surface area contributed by atoms with Crippen LogP contribution in [0.3, 0.4) is 0 Å². The van der Waals surface area contributed by atoms with Gasteiger partial charge < -0.3 is 5.73 Å². The van der Waals surface area contributed by atoms with Crippen LogP contribution in [0.5, 0.6) is 0 Å². The van der Waals surface area contributed by atoms with E-state index >= 15 is 0 Å². The molecule has 14 heavy (non-hydrogen) atoms. The molecular weight excluding hydrogens is 190 g/mol. The van der Waals surface area contributed by atoms with Crippen molar-refractivity contribution in [2.75, 3.05) is 6.54 Å². The van der Waals surface area contributed by atoms with Crippen molar-refractivity contribution in [3.05, 3.63) is 22.4 Å². The summed E-state index contributed by atoms with van der Waals surface area (Å²) in [4.78, 5) is 1.49. The van der Waals surface area contributed by atoms with Crippen LogP contribution in [0.1, 0.15) is 38.0 Å². The molecule has 0 saturated carbocycles. The van der Waals surface area contributed by atoms with Gasteiger partial charge >= 0.3 is 0 Å². The molecule has 0 fully saturated rings. The van der Waals surface area contributed by atoms with Crippen molar-refractivity contribution in [2.24, 2.45) is 11.1 Å². The number of aryl methyl sites for hydroxylation is 1.